The Kier molecular flexibility index (Phi) is 2.64. The van der Waals surface area contributed by atoms with Crippen LogP contribution in [0.1, 0.15) is 6.92 Å². The van der Waals surface area contributed by atoms with Gasteiger partial charge in [0.2, 0.25) is 0 Å². The van der Waals surface area contributed by atoms with E-state index < -0.39 is 9.56 Å². The lowest BCUT2D eigenvalue weighted by Crippen LogP contribution is -2.28. The molecule has 52 valence electrons. The molecule has 0 N–H and O–H groups in total. The molecular formula is C4H6BrNO3. The first kappa shape index (κ1) is 8.42. The zero-order valence-corrected chi connectivity index (χ0v) is 6.42. The lowest BCUT2D eigenvalue weighted by atomic mass is 10.7. The van der Waals surface area contributed by atoms with Crippen LogP contribution in [0.5, 0.6) is 0 Å². The van der Waals surface area contributed by atoms with Gasteiger partial charge in [-0.1, -0.05) is 6.58 Å². The van der Waals surface area contributed by atoms with Gasteiger partial charge in [0, 0.05) is 0 Å². The molecule has 4 nitrogen and oxygen atoms in total. The molecule has 0 aromatic rings. The van der Waals surface area contributed by atoms with E-state index in [0.717, 1.165) is 6.26 Å². The molecule has 0 fully saturated rings. The van der Waals surface area contributed by atoms with Gasteiger partial charge in [0.15, 0.2) is 0 Å². The Balaban J connectivity index is 4.00. The third-order valence-corrected chi connectivity index (χ3v) is 1.10. The standard InChI is InChI=1S/C4H6BrNO3/c1-3-9-4(2,5)6(7)8/h3H,1H2,2H3. The molecule has 0 spiro atoms. The van der Waals surface area contributed by atoms with Gasteiger partial charge >= 0.3 is 4.63 Å². The fourth-order valence-electron chi connectivity index (χ4n) is 0.195. The SMILES string of the molecule is C=COC(C)(Br)[N+](=O)[O-]. The number of rotatable bonds is 3. The summed E-state index contributed by atoms with van der Waals surface area (Å²) in [5.41, 5.74) is 0. The highest BCUT2D eigenvalue weighted by Gasteiger charge is 2.33. The van der Waals surface area contributed by atoms with E-state index >= 15 is 0 Å². The Morgan fingerprint density at radius 2 is 2.44 bits per heavy atom. The lowest BCUT2D eigenvalue weighted by molar-refractivity contribution is -0.579. The fraction of sp³-hybridized carbons (Fsp3) is 0.500. The molecule has 0 rings (SSSR count). The van der Waals surface area contributed by atoms with Crippen molar-refractivity contribution < 1.29 is 9.66 Å². The number of halogens is 1. The second kappa shape index (κ2) is 2.82. The van der Waals surface area contributed by atoms with Gasteiger partial charge in [-0.3, -0.25) is 10.1 Å². The van der Waals surface area contributed by atoms with Crippen LogP contribution in [-0.2, 0) is 4.74 Å². The maximum absolute atomic E-state index is 10.00. The summed E-state index contributed by atoms with van der Waals surface area (Å²) in [5.74, 6) is 0. The summed E-state index contributed by atoms with van der Waals surface area (Å²) < 4.78 is 2.94. The number of alkyl halides is 1. The molecule has 0 saturated heterocycles. The molecular weight excluding hydrogens is 190 g/mol. The van der Waals surface area contributed by atoms with Gasteiger partial charge in [0.1, 0.15) is 0 Å². The van der Waals surface area contributed by atoms with Gasteiger partial charge in [-0.25, -0.2) is 0 Å². The zero-order chi connectivity index (χ0) is 7.49. The highest BCUT2D eigenvalue weighted by atomic mass is 79.9. The van der Waals surface area contributed by atoms with E-state index in [1.807, 2.05) is 0 Å². The Hall–Kier alpha value is -0.580. The molecule has 0 aromatic carbocycles. The van der Waals surface area contributed by atoms with Gasteiger partial charge in [-0.05, 0) is 0 Å². The quantitative estimate of drug-likeness (QED) is 0.171. The molecule has 0 bridgehead atoms. The van der Waals surface area contributed by atoms with E-state index in [-0.39, 0.29) is 0 Å². The highest BCUT2D eigenvalue weighted by Crippen LogP contribution is 2.18. The van der Waals surface area contributed by atoms with E-state index in [2.05, 4.69) is 27.2 Å². The van der Waals surface area contributed by atoms with Crippen LogP contribution >= 0.6 is 15.9 Å². The number of nitro groups is 1. The molecule has 1 unspecified atom stereocenters. The monoisotopic (exact) mass is 195 g/mol. The summed E-state index contributed by atoms with van der Waals surface area (Å²) in [6.45, 7) is 4.44. The normalized spacial score (nSPS) is 15.8. The van der Waals surface area contributed by atoms with E-state index in [4.69, 9.17) is 0 Å². The van der Waals surface area contributed by atoms with Crippen LogP contribution in [0, 0.1) is 10.1 Å². The number of hydrogen-bond acceptors (Lipinski definition) is 3. The van der Waals surface area contributed by atoms with Crippen LogP contribution in [-0.4, -0.2) is 9.56 Å². The van der Waals surface area contributed by atoms with Gasteiger partial charge in [-0.2, -0.15) is 0 Å². The molecule has 9 heavy (non-hydrogen) atoms. The van der Waals surface area contributed by atoms with Gasteiger partial charge in [0.25, 0.3) is 0 Å². The topological polar surface area (TPSA) is 52.4 Å². The van der Waals surface area contributed by atoms with E-state index in [9.17, 15) is 10.1 Å². The van der Waals surface area contributed by atoms with Gasteiger partial charge in [0.05, 0.1) is 34.0 Å². The molecule has 1 atom stereocenters. The van der Waals surface area contributed by atoms with Crippen LogP contribution in [0.3, 0.4) is 0 Å². The van der Waals surface area contributed by atoms with Crippen molar-refractivity contribution in [2.45, 2.75) is 11.6 Å². The molecule has 0 aliphatic carbocycles. The number of hydrogen-bond donors (Lipinski definition) is 0. The molecule has 0 radical (unpaired) electrons. The average molecular weight is 196 g/mol. The Morgan fingerprint density at radius 3 is 2.56 bits per heavy atom. The summed E-state index contributed by atoms with van der Waals surface area (Å²) in [7, 11) is 0. The van der Waals surface area contributed by atoms with Crippen LogP contribution < -0.4 is 0 Å². The molecule has 0 amide bonds. The Bertz CT molecular complexity index is 134. The minimum atomic E-state index is -1.53. The fourth-order valence-corrected chi connectivity index (χ4v) is 0.327. The molecule has 0 saturated carbocycles. The van der Waals surface area contributed by atoms with Crippen molar-refractivity contribution in [3.63, 3.8) is 0 Å². The van der Waals surface area contributed by atoms with Gasteiger partial charge < -0.3 is 4.74 Å². The largest absolute Gasteiger partial charge is 0.428 e. The second-order valence-electron chi connectivity index (χ2n) is 1.41. The summed E-state index contributed by atoms with van der Waals surface area (Å²) in [6, 6.07) is 0. The predicted molar refractivity (Wildman–Crippen MR) is 35.6 cm³/mol. The molecule has 0 aromatic heterocycles. The van der Waals surface area contributed by atoms with Crippen molar-refractivity contribution in [2.75, 3.05) is 0 Å². The minimum Gasteiger partial charge on any atom is -0.428 e. The lowest BCUT2D eigenvalue weighted by Gasteiger charge is -2.10. The number of nitrogens with zero attached hydrogens (tertiary/aromatic N) is 1. The van der Waals surface area contributed by atoms with E-state index in [0.29, 0.717) is 0 Å². The van der Waals surface area contributed by atoms with E-state index in [1.54, 1.807) is 0 Å². The third kappa shape index (κ3) is 2.46. The van der Waals surface area contributed by atoms with Crippen LogP contribution in [0.15, 0.2) is 12.8 Å². The van der Waals surface area contributed by atoms with Crippen molar-refractivity contribution in [1.82, 2.24) is 0 Å². The Labute approximate surface area is 60.8 Å². The maximum Gasteiger partial charge on any atom is 0.415 e. The molecule has 0 heterocycles. The molecule has 0 aliphatic rings. The van der Waals surface area contributed by atoms with Crippen LogP contribution in [0.2, 0.25) is 0 Å². The van der Waals surface area contributed by atoms with Crippen molar-refractivity contribution in [1.29, 1.82) is 0 Å². The molecule has 0 aliphatic heterocycles. The van der Waals surface area contributed by atoms with Crippen molar-refractivity contribution in [3.8, 4) is 0 Å². The predicted octanol–water partition coefficient (Wildman–Crippen LogP) is 1.49. The summed E-state index contributed by atoms with van der Waals surface area (Å²) in [5, 5.41) is 10.00. The van der Waals surface area contributed by atoms with Crippen LogP contribution in [0.25, 0.3) is 0 Å². The summed E-state index contributed by atoms with van der Waals surface area (Å²) >= 11 is 2.71. The Morgan fingerprint density at radius 1 is 2.00 bits per heavy atom. The first-order chi connectivity index (χ1) is 4.00. The molecule has 5 heteroatoms. The highest BCUT2D eigenvalue weighted by molar-refractivity contribution is 9.09. The van der Waals surface area contributed by atoms with Crippen molar-refractivity contribution in [3.05, 3.63) is 23.0 Å². The summed E-state index contributed by atoms with van der Waals surface area (Å²) in [4.78, 5) is 9.39. The van der Waals surface area contributed by atoms with Crippen LogP contribution in [0.4, 0.5) is 0 Å². The summed E-state index contributed by atoms with van der Waals surface area (Å²) in [6.07, 6.45) is 1.01. The van der Waals surface area contributed by atoms with Crippen molar-refractivity contribution in [2.24, 2.45) is 0 Å². The zero-order valence-electron chi connectivity index (χ0n) is 4.83. The van der Waals surface area contributed by atoms with Gasteiger partial charge in [-0.15, -0.1) is 0 Å². The third-order valence-electron chi connectivity index (χ3n) is 0.625. The average Bonchev–Trinajstić information content (AvgIpc) is 1.65. The first-order valence-corrected chi connectivity index (χ1v) is 2.92. The smallest absolute Gasteiger partial charge is 0.415 e. The van der Waals surface area contributed by atoms with Crippen molar-refractivity contribution >= 4 is 15.9 Å². The van der Waals surface area contributed by atoms with E-state index in [1.165, 1.54) is 6.92 Å². The second-order valence-corrected chi connectivity index (χ2v) is 2.88. The maximum atomic E-state index is 10.00. The minimum absolute atomic E-state index is 0.602. The number of ether oxygens (including phenoxy) is 1. The first-order valence-electron chi connectivity index (χ1n) is 2.13.